The second-order valence-electron chi connectivity index (χ2n) is 4.78. The molecule has 0 saturated heterocycles. The molecular formula is C14H19NO3. The van der Waals surface area contributed by atoms with Crippen LogP contribution in [-0.4, -0.2) is 31.0 Å². The van der Waals surface area contributed by atoms with Gasteiger partial charge in [0, 0.05) is 38.2 Å². The van der Waals surface area contributed by atoms with Gasteiger partial charge in [0.1, 0.15) is 0 Å². The van der Waals surface area contributed by atoms with E-state index in [4.69, 9.17) is 5.11 Å². The van der Waals surface area contributed by atoms with Gasteiger partial charge in [-0.2, -0.15) is 0 Å². The molecule has 0 aliphatic carbocycles. The zero-order valence-electron chi connectivity index (χ0n) is 11.0. The summed E-state index contributed by atoms with van der Waals surface area (Å²) >= 11 is 0. The lowest BCUT2D eigenvalue weighted by atomic mass is 9.97. The number of hydrogen-bond donors (Lipinski definition) is 1. The topological polar surface area (TPSA) is 57.6 Å². The highest BCUT2D eigenvalue weighted by molar-refractivity contribution is 5.97. The van der Waals surface area contributed by atoms with Gasteiger partial charge in [0.15, 0.2) is 5.78 Å². The fraction of sp³-hybridized carbons (Fsp3) is 0.429. The maximum Gasteiger partial charge on any atom is 0.303 e. The van der Waals surface area contributed by atoms with Crippen LogP contribution in [-0.2, 0) is 4.79 Å². The van der Waals surface area contributed by atoms with Crippen molar-refractivity contribution in [2.24, 2.45) is 5.92 Å². The average molecular weight is 249 g/mol. The Balaban J connectivity index is 2.72. The second kappa shape index (κ2) is 6.19. The summed E-state index contributed by atoms with van der Waals surface area (Å²) in [5.74, 6) is -1.01. The van der Waals surface area contributed by atoms with Gasteiger partial charge in [-0.3, -0.25) is 9.59 Å². The molecule has 0 spiro atoms. The first-order valence-electron chi connectivity index (χ1n) is 5.92. The zero-order valence-corrected chi connectivity index (χ0v) is 11.0. The maximum absolute atomic E-state index is 12.0. The van der Waals surface area contributed by atoms with Gasteiger partial charge in [-0.05, 0) is 18.1 Å². The third kappa shape index (κ3) is 4.20. The highest BCUT2D eigenvalue weighted by Gasteiger charge is 2.14. The van der Waals surface area contributed by atoms with Gasteiger partial charge in [0.2, 0.25) is 0 Å². The largest absolute Gasteiger partial charge is 0.481 e. The number of hydrogen-bond acceptors (Lipinski definition) is 3. The quantitative estimate of drug-likeness (QED) is 0.787. The van der Waals surface area contributed by atoms with Gasteiger partial charge in [-0.1, -0.05) is 19.1 Å². The van der Waals surface area contributed by atoms with Crippen molar-refractivity contribution < 1.29 is 14.7 Å². The fourth-order valence-corrected chi connectivity index (χ4v) is 1.76. The summed E-state index contributed by atoms with van der Waals surface area (Å²) in [5.41, 5.74) is 1.60. The van der Waals surface area contributed by atoms with Crippen LogP contribution in [0.4, 0.5) is 5.69 Å². The molecule has 0 bridgehead atoms. The summed E-state index contributed by atoms with van der Waals surface area (Å²) in [6.07, 6.45) is 0.294. The molecular weight excluding hydrogens is 230 g/mol. The average Bonchev–Trinajstić information content (AvgIpc) is 2.27. The lowest BCUT2D eigenvalue weighted by Crippen LogP contribution is -2.12. The minimum atomic E-state index is -0.864. The first-order valence-corrected chi connectivity index (χ1v) is 5.92. The first kappa shape index (κ1) is 14.2. The molecule has 0 aliphatic heterocycles. The van der Waals surface area contributed by atoms with E-state index in [1.807, 2.05) is 37.2 Å². The maximum atomic E-state index is 12.0. The Morgan fingerprint density at radius 3 is 2.50 bits per heavy atom. The van der Waals surface area contributed by atoms with Crippen LogP contribution in [0.5, 0.6) is 0 Å². The van der Waals surface area contributed by atoms with Crippen LogP contribution in [0.3, 0.4) is 0 Å². The Kier molecular flexibility index (Phi) is 4.89. The van der Waals surface area contributed by atoms with Gasteiger partial charge in [-0.25, -0.2) is 0 Å². The smallest absolute Gasteiger partial charge is 0.303 e. The summed E-state index contributed by atoms with van der Waals surface area (Å²) in [7, 11) is 3.83. The van der Waals surface area contributed by atoms with Gasteiger partial charge >= 0.3 is 5.97 Å². The van der Waals surface area contributed by atoms with E-state index in [1.165, 1.54) is 0 Å². The molecule has 0 amide bonds. The Morgan fingerprint density at radius 1 is 1.28 bits per heavy atom. The van der Waals surface area contributed by atoms with Crippen LogP contribution < -0.4 is 4.90 Å². The predicted octanol–water partition coefficient (Wildman–Crippen LogP) is 2.44. The molecule has 0 heterocycles. The first-order chi connectivity index (χ1) is 8.40. The molecule has 0 unspecified atom stereocenters. The molecule has 1 N–H and O–H groups in total. The van der Waals surface area contributed by atoms with E-state index in [1.54, 1.807) is 13.0 Å². The second-order valence-corrected chi connectivity index (χ2v) is 4.78. The molecule has 0 radical (unpaired) electrons. The van der Waals surface area contributed by atoms with E-state index in [2.05, 4.69) is 0 Å². The van der Waals surface area contributed by atoms with Crippen LogP contribution >= 0.6 is 0 Å². The van der Waals surface area contributed by atoms with E-state index in [0.29, 0.717) is 5.56 Å². The molecule has 18 heavy (non-hydrogen) atoms. The number of benzene rings is 1. The predicted molar refractivity (Wildman–Crippen MR) is 71.1 cm³/mol. The molecule has 4 nitrogen and oxygen atoms in total. The van der Waals surface area contributed by atoms with Crippen molar-refractivity contribution in [2.75, 3.05) is 19.0 Å². The molecule has 4 heteroatoms. The van der Waals surface area contributed by atoms with Gasteiger partial charge in [0.25, 0.3) is 0 Å². The summed E-state index contributed by atoms with van der Waals surface area (Å²) in [6.45, 7) is 1.78. The number of nitrogens with zero attached hydrogens (tertiary/aromatic N) is 1. The summed E-state index contributed by atoms with van der Waals surface area (Å²) in [5, 5.41) is 8.67. The number of anilines is 1. The van der Waals surface area contributed by atoms with E-state index >= 15 is 0 Å². The molecule has 0 fully saturated rings. The number of rotatable bonds is 6. The molecule has 0 aromatic heterocycles. The number of ketones is 1. The number of aliphatic carboxylic acids is 1. The van der Waals surface area contributed by atoms with Crippen LogP contribution in [0, 0.1) is 5.92 Å². The molecule has 0 saturated carbocycles. The molecule has 1 aromatic carbocycles. The number of carboxylic acids is 1. The molecule has 1 rings (SSSR count). The highest BCUT2D eigenvalue weighted by atomic mass is 16.4. The lowest BCUT2D eigenvalue weighted by molar-refractivity contribution is -0.137. The van der Waals surface area contributed by atoms with Crippen molar-refractivity contribution in [3.05, 3.63) is 29.8 Å². The van der Waals surface area contributed by atoms with Gasteiger partial charge < -0.3 is 10.0 Å². The summed E-state index contributed by atoms with van der Waals surface area (Å²) in [4.78, 5) is 24.5. The number of Topliss-reactive ketones (excluding diaryl/α,β-unsaturated/α-hetero) is 1. The molecule has 1 aromatic rings. The number of carboxylic acid groups (broad SMARTS) is 1. The fourth-order valence-electron chi connectivity index (χ4n) is 1.76. The van der Waals surface area contributed by atoms with E-state index in [9.17, 15) is 9.59 Å². The normalized spacial score (nSPS) is 11.9. The Bertz CT molecular complexity index is 440. The van der Waals surface area contributed by atoms with E-state index in [0.717, 1.165) is 5.69 Å². The monoisotopic (exact) mass is 249 g/mol. The van der Waals surface area contributed by atoms with Crippen LogP contribution in [0.25, 0.3) is 0 Å². The van der Waals surface area contributed by atoms with Crippen LogP contribution in [0.15, 0.2) is 24.3 Å². The van der Waals surface area contributed by atoms with Gasteiger partial charge in [0.05, 0.1) is 0 Å². The van der Waals surface area contributed by atoms with Crippen molar-refractivity contribution in [1.29, 1.82) is 0 Å². The van der Waals surface area contributed by atoms with Crippen molar-refractivity contribution in [2.45, 2.75) is 19.8 Å². The number of carbonyl (C=O) groups is 2. The van der Waals surface area contributed by atoms with Gasteiger partial charge in [-0.15, -0.1) is 0 Å². The third-order valence-corrected chi connectivity index (χ3v) is 2.74. The van der Waals surface area contributed by atoms with E-state index in [-0.39, 0.29) is 24.5 Å². The summed E-state index contributed by atoms with van der Waals surface area (Å²) in [6, 6.07) is 7.36. The minimum Gasteiger partial charge on any atom is -0.481 e. The highest BCUT2D eigenvalue weighted by Crippen LogP contribution is 2.17. The Morgan fingerprint density at radius 2 is 1.94 bits per heavy atom. The van der Waals surface area contributed by atoms with E-state index < -0.39 is 5.97 Å². The SMILES string of the molecule is C[C@H](CC(=O)O)CC(=O)c1cccc(N(C)C)c1. The van der Waals surface area contributed by atoms with Crippen LogP contribution in [0.1, 0.15) is 30.1 Å². The van der Waals surface area contributed by atoms with Crippen LogP contribution in [0.2, 0.25) is 0 Å². The Hall–Kier alpha value is -1.84. The molecule has 1 atom stereocenters. The Labute approximate surface area is 107 Å². The standard InChI is InChI=1S/C14H19NO3/c1-10(8-14(17)18)7-13(16)11-5-4-6-12(9-11)15(2)3/h4-6,9-10H,7-8H2,1-3H3,(H,17,18)/t10-/m0/s1. The van der Waals surface area contributed by atoms with Crippen molar-refractivity contribution >= 4 is 17.4 Å². The molecule has 98 valence electrons. The lowest BCUT2D eigenvalue weighted by Gasteiger charge is -2.14. The summed E-state index contributed by atoms with van der Waals surface area (Å²) < 4.78 is 0. The van der Waals surface area contributed by atoms with Crippen molar-refractivity contribution in [3.8, 4) is 0 Å². The van der Waals surface area contributed by atoms with Crippen molar-refractivity contribution in [3.63, 3.8) is 0 Å². The zero-order chi connectivity index (χ0) is 13.7. The minimum absolute atomic E-state index is 0.00699. The molecule has 0 aliphatic rings. The number of carbonyl (C=O) groups excluding carboxylic acids is 1. The third-order valence-electron chi connectivity index (χ3n) is 2.74. The van der Waals surface area contributed by atoms with Crippen molar-refractivity contribution in [1.82, 2.24) is 0 Å².